The molecule has 190 valence electrons. The molecule has 0 aromatic heterocycles. The van der Waals surface area contributed by atoms with Gasteiger partial charge < -0.3 is 35.0 Å². The Morgan fingerprint density at radius 3 is 2.69 bits per heavy atom. The topological polar surface area (TPSA) is 136 Å². The van der Waals surface area contributed by atoms with E-state index in [1.165, 1.54) is 12.8 Å². The molecule has 6 rings (SSSR count). The summed E-state index contributed by atoms with van der Waals surface area (Å²) in [6, 6.07) is 2.76. The van der Waals surface area contributed by atoms with Crippen molar-refractivity contribution in [1.29, 1.82) is 0 Å². The highest BCUT2D eigenvalue weighted by Gasteiger charge is 2.76. The lowest BCUT2D eigenvalue weighted by Crippen LogP contribution is -2.81. The fraction of sp³-hybridized carbons (Fsp3) is 0.692. The van der Waals surface area contributed by atoms with Crippen molar-refractivity contribution < 1.29 is 39.2 Å². The van der Waals surface area contributed by atoms with Crippen LogP contribution in [0, 0.1) is 5.92 Å². The zero-order chi connectivity index (χ0) is 24.8. The lowest BCUT2D eigenvalue weighted by atomic mass is 9.48. The molecular weight excluding hydrogens is 452 g/mol. The molecule has 3 fully saturated rings. The van der Waals surface area contributed by atoms with Gasteiger partial charge in [-0.15, -0.1) is 0 Å². The summed E-state index contributed by atoms with van der Waals surface area (Å²) < 4.78 is 7.31. The van der Waals surface area contributed by atoms with Gasteiger partial charge in [-0.25, -0.2) is 4.79 Å². The Bertz CT molecular complexity index is 1090. The molecule has 1 aromatic rings. The molecular formula is C26H35N2O7+. The van der Waals surface area contributed by atoms with E-state index < -0.39 is 41.2 Å². The number of carbonyl (C=O) groups is 2. The molecule has 1 aromatic carbocycles. The van der Waals surface area contributed by atoms with Gasteiger partial charge in [0.1, 0.15) is 29.5 Å². The first kappa shape index (κ1) is 23.1. The van der Waals surface area contributed by atoms with Crippen LogP contribution >= 0.6 is 0 Å². The second kappa shape index (κ2) is 7.57. The van der Waals surface area contributed by atoms with Crippen molar-refractivity contribution in [2.75, 3.05) is 25.5 Å². The number of aliphatic hydroxyl groups is 2. The van der Waals surface area contributed by atoms with E-state index in [-0.39, 0.29) is 18.9 Å². The Balaban J connectivity index is 1.44. The molecule has 0 radical (unpaired) electrons. The Hall–Kier alpha value is -2.36. The third-order valence-corrected chi connectivity index (χ3v) is 9.74. The summed E-state index contributed by atoms with van der Waals surface area (Å²) in [5.41, 5.74) is 0.778. The number of ether oxygens (including phenoxy) is 1. The summed E-state index contributed by atoms with van der Waals surface area (Å²) in [6.07, 6.45) is 3.29. The van der Waals surface area contributed by atoms with Crippen LogP contribution in [0.3, 0.4) is 0 Å². The number of rotatable bonds is 8. The molecule has 7 atom stereocenters. The van der Waals surface area contributed by atoms with Gasteiger partial charge in [0.25, 0.3) is 0 Å². The van der Waals surface area contributed by atoms with Crippen LogP contribution in [0.15, 0.2) is 12.1 Å². The van der Waals surface area contributed by atoms with Crippen LogP contribution in [-0.4, -0.2) is 86.9 Å². The quantitative estimate of drug-likeness (QED) is 0.348. The van der Waals surface area contributed by atoms with E-state index in [1.807, 2.05) is 12.1 Å². The minimum Gasteiger partial charge on any atom is -0.484 e. The fourth-order valence-electron chi connectivity index (χ4n) is 7.97. The molecule has 35 heavy (non-hydrogen) atoms. The maximum atomic E-state index is 12.5. The van der Waals surface area contributed by atoms with Crippen LogP contribution in [0.5, 0.6) is 5.75 Å². The molecule has 5 N–H and O–H groups in total. The molecule has 2 aliphatic heterocycles. The minimum absolute atomic E-state index is 0.0232. The molecule has 2 heterocycles. The normalized spacial score (nSPS) is 39.3. The van der Waals surface area contributed by atoms with Gasteiger partial charge in [-0.1, -0.05) is 6.07 Å². The minimum atomic E-state index is -1.13. The number of quaternary nitrogens is 1. The molecule has 9 heteroatoms. The number of nitrogens with zero attached hydrogens (tertiary/aromatic N) is 1. The molecule has 0 amide bonds. The van der Waals surface area contributed by atoms with Gasteiger partial charge in [0, 0.05) is 30.7 Å². The zero-order valence-electron chi connectivity index (χ0n) is 20.1. The summed E-state index contributed by atoms with van der Waals surface area (Å²) in [4.78, 5) is 22.9. The summed E-state index contributed by atoms with van der Waals surface area (Å²) >= 11 is 0. The average molecular weight is 488 g/mol. The number of aliphatic hydroxyl groups excluding tert-OH is 1. The third-order valence-electron chi connectivity index (χ3n) is 9.74. The number of nitrogens with one attached hydrogen (secondary N) is 1. The number of hydrogen-bond acceptors (Lipinski definition) is 6. The first-order chi connectivity index (χ1) is 16.6. The van der Waals surface area contributed by atoms with Crippen LogP contribution in [0.2, 0.25) is 0 Å². The Labute approximate surface area is 204 Å². The monoisotopic (exact) mass is 487 g/mol. The number of carboxylic acids is 2. The number of carboxylic acid groups (broad SMARTS) is 2. The van der Waals surface area contributed by atoms with E-state index in [2.05, 4.69) is 12.4 Å². The smallest absolute Gasteiger partial charge is 0.326 e. The number of benzene rings is 1. The molecule has 3 aliphatic carbocycles. The molecule has 1 saturated heterocycles. The van der Waals surface area contributed by atoms with Crippen molar-refractivity contribution in [1.82, 2.24) is 0 Å². The van der Waals surface area contributed by atoms with E-state index in [9.17, 15) is 24.9 Å². The molecule has 9 nitrogen and oxygen atoms in total. The van der Waals surface area contributed by atoms with Crippen molar-refractivity contribution >= 4 is 17.6 Å². The first-order valence-corrected chi connectivity index (χ1v) is 12.9. The van der Waals surface area contributed by atoms with Gasteiger partial charge in [0.15, 0.2) is 0 Å². The Morgan fingerprint density at radius 2 is 2.00 bits per heavy atom. The van der Waals surface area contributed by atoms with Crippen LogP contribution in [0.4, 0.5) is 5.69 Å². The van der Waals surface area contributed by atoms with E-state index in [1.54, 1.807) is 0 Å². The van der Waals surface area contributed by atoms with Crippen LogP contribution in [0.1, 0.15) is 56.1 Å². The Kier molecular flexibility index (Phi) is 4.99. The summed E-state index contributed by atoms with van der Waals surface area (Å²) in [5, 5.41) is 45.3. The molecule has 1 unspecified atom stereocenters. The maximum Gasteiger partial charge on any atom is 0.326 e. The second-order valence-corrected chi connectivity index (χ2v) is 11.8. The number of anilines is 1. The zero-order valence-corrected chi connectivity index (χ0v) is 20.1. The first-order valence-electron chi connectivity index (χ1n) is 12.9. The van der Waals surface area contributed by atoms with Gasteiger partial charge in [-0.05, 0) is 43.7 Å². The summed E-state index contributed by atoms with van der Waals surface area (Å²) in [7, 11) is 2.28. The van der Waals surface area contributed by atoms with Gasteiger partial charge in [-0.2, -0.15) is 0 Å². The van der Waals surface area contributed by atoms with Gasteiger partial charge in [-0.3, -0.25) is 4.79 Å². The Morgan fingerprint density at radius 1 is 1.23 bits per heavy atom. The SMILES string of the molecule is C[N+]1(CC2CC2)CC[C@]23c4c5ccc(N[C@@H](CCC(=O)O)C(=O)O)c4O[C@H]2[C@@H](O)CC[C@@]3(O)[C@H]1C5. The van der Waals surface area contributed by atoms with E-state index in [0.29, 0.717) is 30.7 Å². The summed E-state index contributed by atoms with van der Waals surface area (Å²) in [6.45, 7) is 1.98. The predicted molar refractivity (Wildman–Crippen MR) is 125 cm³/mol. The van der Waals surface area contributed by atoms with Crippen molar-refractivity contribution in [2.24, 2.45) is 5.92 Å². The van der Waals surface area contributed by atoms with E-state index >= 15 is 0 Å². The number of likely N-dealkylation sites (N-methyl/N-ethyl adjacent to an activating group) is 1. The van der Waals surface area contributed by atoms with Gasteiger partial charge in [0.05, 0.1) is 37.3 Å². The predicted octanol–water partition coefficient (Wildman–Crippen LogP) is 1.49. The third kappa shape index (κ3) is 3.17. The standard InChI is InChI=1S/C26H34N2O7/c1-28(13-14-2-3-14)11-10-25-21-15-4-5-16(27-17(24(32)33)6-7-20(30)31)22(21)35-23(25)18(29)8-9-26(25,34)19(28)12-15/h4-5,14,17-19,23,27,29,34H,2-3,6-13H2,1H3,(H-,30,31,32,33)/p+1/t17-,18-,19+,23-,25-,26+,28?/m0/s1. The van der Waals surface area contributed by atoms with Crippen molar-refractivity contribution in [3.8, 4) is 5.75 Å². The summed E-state index contributed by atoms with van der Waals surface area (Å²) in [5.74, 6) is -0.940. The number of hydrogen-bond donors (Lipinski definition) is 5. The lowest BCUT2D eigenvalue weighted by molar-refractivity contribution is -0.950. The van der Waals surface area contributed by atoms with Crippen molar-refractivity contribution in [3.63, 3.8) is 0 Å². The molecule has 5 aliphatic rings. The lowest BCUT2D eigenvalue weighted by Gasteiger charge is -2.65. The van der Waals surface area contributed by atoms with E-state index in [0.717, 1.165) is 41.0 Å². The van der Waals surface area contributed by atoms with Crippen molar-refractivity contribution in [3.05, 3.63) is 23.3 Å². The molecule has 2 bridgehead atoms. The fourth-order valence-corrected chi connectivity index (χ4v) is 7.97. The number of piperidine rings is 1. The van der Waals surface area contributed by atoms with E-state index in [4.69, 9.17) is 9.84 Å². The highest BCUT2D eigenvalue weighted by Crippen LogP contribution is 2.66. The highest BCUT2D eigenvalue weighted by atomic mass is 16.5. The molecule has 1 spiro atoms. The van der Waals surface area contributed by atoms with Crippen LogP contribution in [0.25, 0.3) is 0 Å². The van der Waals surface area contributed by atoms with Crippen LogP contribution in [-0.2, 0) is 21.4 Å². The van der Waals surface area contributed by atoms with Crippen LogP contribution < -0.4 is 10.1 Å². The highest BCUT2D eigenvalue weighted by molar-refractivity contribution is 5.80. The molecule has 2 saturated carbocycles. The van der Waals surface area contributed by atoms with Crippen molar-refractivity contribution in [2.45, 2.75) is 86.7 Å². The maximum absolute atomic E-state index is 12.5. The number of likely N-dealkylation sites (tertiary alicyclic amines) is 1. The average Bonchev–Trinajstić information content (AvgIpc) is 3.52. The van der Waals surface area contributed by atoms with Gasteiger partial charge in [0.2, 0.25) is 0 Å². The second-order valence-electron chi connectivity index (χ2n) is 11.8. The largest absolute Gasteiger partial charge is 0.484 e. The van der Waals surface area contributed by atoms with Gasteiger partial charge >= 0.3 is 11.9 Å². The number of aliphatic carboxylic acids is 2.